The lowest BCUT2D eigenvalue weighted by Gasteiger charge is -2.35. The van der Waals surface area contributed by atoms with Gasteiger partial charge in [0.25, 0.3) is 0 Å². The molecule has 0 amide bonds. The molecule has 0 saturated carbocycles. The van der Waals surface area contributed by atoms with Crippen LogP contribution in [0.5, 0.6) is 0 Å². The molecule has 4 aromatic rings. The van der Waals surface area contributed by atoms with Gasteiger partial charge < -0.3 is 5.32 Å². The first-order chi connectivity index (χ1) is 18.8. The van der Waals surface area contributed by atoms with E-state index in [1.165, 1.54) is 55.1 Å². The fourth-order valence-electron chi connectivity index (χ4n) is 6.17. The molecular weight excluding hydrogens is 510 g/mol. The van der Waals surface area contributed by atoms with Gasteiger partial charge in [-0.05, 0) is 83.9 Å². The van der Waals surface area contributed by atoms with Crippen molar-refractivity contribution in [3.63, 3.8) is 0 Å². The number of hydrogen-bond acceptors (Lipinski definition) is 2. The van der Waals surface area contributed by atoms with Crippen molar-refractivity contribution in [1.29, 1.82) is 0 Å². The molecule has 3 aromatic carbocycles. The molecule has 1 aliphatic heterocycles. The Bertz CT molecular complexity index is 1610. The van der Waals surface area contributed by atoms with E-state index in [4.69, 9.17) is 4.98 Å². The number of anilines is 1. The molecule has 0 radical (unpaired) electrons. The summed E-state index contributed by atoms with van der Waals surface area (Å²) >= 11 is 0. The van der Waals surface area contributed by atoms with Crippen LogP contribution in [-0.4, -0.2) is 22.3 Å². The van der Waals surface area contributed by atoms with E-state index < -0.39 is 15.8 Å². The summed E-state index contributed by atoms with van der Waals surface area (Å²) in [6, 6.07) is 23.4. The van der Waals surface area contributed by atoms with Crippen LogP contribution in [0.25, 0.3) is 21.8 Å². The highest BCUT2D eigenvalue weighted by molar-refractivity contribution is 7.66. The Morgan fingerprint density at radius 2 is 1.44 bits per heavy atom. The van der Waals surface area contributed by atoms with Gasteiger partial charge in [-0.1, -0.05) is 109 Å². The zero-order valence-electron chi connectivity index (χ0n) is 24.1. The van der Waals surface area contributed by atoms with Gasteiger partial charge in [-0.15, -0.1) is 0 Å². The molecule has 1 N–H and O–H groups in total. The Labute approximate surface area is 236 Å². The van der Waals surface area contributed by atoms with Gasteiger partial charge in [0, 0.05) is 16.5 Å². The number of aromatic nitrogens is 1. The van der Waals surface area contributed by atoms with Crippen molar-refractivity contribution < 1.29 is 0 Å². The van der Waals surface area contributed by atoms with E-state index >= 15 is 0 Å². The van der Waals surface area contributed by atoms with E-state index in [1.807, 2.05) is 0 Å². The lowest BCUT2D eigenvalue weighted by Crippen LogP contribution is -2.28. The van der Waals surface area contributed by atoms with Crippen LogP contribution in [0.3, 0.4) is 0 Å². The molecule has 2 nitrogen and oxygen atoms in total. The lowest BCUT2D eigenvalue weighted by molar-refractivity contribution is 0.853. The fourth-order valence-corrected chi connectivity index (χ4v) is 11.4. The third-order valence-corrected chi connectivity index (χ3v) is 14.2. The molecule has 39 heavy (non-hydrogen) atoms. The summed E-state index contributed by atoms with van der Waals surface area (Å²) < 4.78 is 0. The molecular formula is C35H40N2P2. The highest BCUT2D eigenvalue weighted by Crippen LogP contribution is 2.56. The Morgan fingerprint density at radius 3 is 2.08 bits per heavy atom. The minimum Gasteiger partial charge on any atom is -0.377 e. The largest absolute Gasteiger partial charge is 0.377 e. The van der Waals surface area contributed by atoms with Gasteiger partial charge in [-0.2, -0.15) is 0 Å². The predicted molar refractivity (Wildman–Crippen MR) is 175 cm³/mol. The summed E-state index contributed by atoms with van der Waals surface area (Å²) in [4.78, 5) is 5.48. The molecule has 1 aliphatic carbocycles. The smallest absolute Gasteiger partial charge is 0.0745 e. The average Bonchev–Trinajstić information content (AvgIpc) is 2.90. The maximum Gasteiger partial charge on any atom is 0.0745 e. The number of hydrogen-bond donors (Lipinski definition) is 1. The van der Waals surface area contributed by atoms with E-state index in [2.05, 4.69) is 120 Å². The van der Waals surface area contributed by atoms with Crippen molar-refractivity contribution in [3.05, 3.63) is 100 Å². The van der Waals surface area contributed by atoms with Crippen LogP contribution >= 0.6 is 15.8 Å². The van der Waals surface area contributed by atoms with Gasteiger partial charge in [-0.3, -0.25) is 0 Å². The maximum absolute atomic E-state index is 5.48. The Hall–Kier alpha value is -2.53. The number of para-hydroxylation sites is 2. The van der Waals surface area contributed by atoms with E-state index in [0.29, 0.717) is 17.4 Å². The molecule has 3 atom stereocenters. The number of nitrogens with zero attached hydrogens (tertiary/aromatic N) is 1. The SMILES string of the molecule is CC1=CCC2Nc3ccc(C)cc3P(C(C)C)Cc3cccc4cc5cccc(c5nc34)CP(C(C)C)C2=C1. The summed E-state index contributed by atoms with van der Waals surface area (Å²) in [7, 11) is -0.838. The first kappa shape index (κ1) is 26.7. The second kappa shape index (κ2) is 10.8. The van der Waals surface area contributed by atoms with Crippen molar-refractivity contribution in [2.75, 3.05) is 5.32 Å². The summed E-state index contributed by atoms with van der Waals surface area (Å²) in [5.74, 6) is 0. The standard InChI is InChI=1S/C35H40N2P2/c1-22(2)38-20-28-11-7-9-26-19-27-10-8-12-29(35(27)37-34(26)28)21-39(23(3)4)33-18-25(6)14-16-31(33)36-30-15-13-24(5)17-32(30)38/h7-15,17-19,22-23,31,36H,16,20-21H2,1-6H3. The zero-order valence-corrected chi connectivity index (χ0v) is 25.9. The molecule has 4 heteroatoms. The quantitative estimate of drug-likeness (QED) is 0.198. The maximum atomic E-state index is 5.48. The molecule has 200 valence electrons. The lowest BCUT2D eigenvalue weighted by atomic mass is 10.0. The van der Waals surface area contributed by atoms with E-state index in [1.54, 1.807) is 5.31 Å². The van der Waals surface area contributed by atoms with Crippen LogP contribution in [0.2, 0.25) is 0 Å². The van der Waals surface area contributed by atoms with Crippen LogP contribution in [0.1, 0.15) is 57.7 Å². The summed E-state index contributed by atoms with van der Waals surface area (Å²) in [5.41, 5.74) is 10.4. The van der Waals surface area contributed by atoms with E-state index in [9.17, 15) is 0 Å². The first-order valence-electron chi connectivity index (χ1n) is 14.4. The van der Waals surface area contributed by atoms with Crippen molar-refractivity contribution >= 4 is 48.6 Å². The first-order valence-corrected chi connectivity index (χ1v) is 17.6. The normalized spacial score (nSPS) is 21.5. The number of aryl methyl sites for hydroxylation is 1. The van der Waals surface area contributed by atoms with Gasteiger partial charge in [0.1, 0.15) is 0 Å². The van der Waals surface area contributed by atoms with Gasteiger partial charge in [0.15, 0.2) is 0 Å². The monoisotopic (exact) mass is 550 g/mol. The number of fused-ring (bicyclic) bond motifs is 2. The van der Waals surface area contributed by atoms with Gasteiger partial charge in [-0.25, -0.2) is 4.98 Å². The third-order valence-electron chi connectivity index (χ3n) is 8.30. The van der Waals surface area contributed by atoms with E-state index in [0.717, 1.165) is 18.7 Å². The van der Waals surface area contributed by atoms with Gasteiger partial charge >= 0.3 is 0 Å². The van der Waals surface area contributed by atoms with Crippen LogP contribution < -0.4 is 10.6 Å². The number of rotatable bonds is 2. The highest BCUT2D eigenvalue weighted by Gasteiger charge is 2.29. The van der Waals surface area contributed by atoms with Crippen molar-refractivity contribution in [2.45, 2.75) is 77.6 Å². The molecule has 0 saturated heterocycles. The predicted octanol–water partition coefficient (Wildman–Crippen LogP) is 9.83. The van der Waals surface area contributed by atoms with Crippen molar-refractivity contribution in [3.8, 4) is 0 Å². The van der Waals surface area contributed by atoms with Gasteiger partial charge in [0.2, 0.25) is 0 Å². The molecule has 2 bridgehead atoms. The Kier molecular flexibility index (Phi) is 7.39. The topological polar surface area (TPSA) is 24.9 Å². The van der Waals surface area contributed by atoms with Crippen LogP contribution in [0.15, 0.2) is 83.7 Å². The average molecular weight is 551 g/mol. The third kappa shape index (κ3) is 5.19. The molecule has 2 aliphatic rings. The molecule has 3 unspecified atom stereocenters. The molecule has 0 fully saturated rings. The summed E-state index contributed by atoms with van der Waals surface area (Å²) in [6.07, 6.45) is 8.09. The zero-order chi connectivity index (χ0) is 27.3. The molecule has 6 rings (SSSR count). The fraction of sp³-hybridized carbons (Fsp3) is 0.343. The van der Waals surface area contributed by atoms with Crippen LogP contribution in [0, 0.1) is 6.92 Å². The van der Waals surface area contributed by atoms with Gasteiger partial charge in [0.05, 0.1) is 17.1 Å². The number of nitrogens with one attached hydrogen (secondary N) is 1. The number of benzene rings is 3. The minimum atomic E-state index is -0.440. The van der Waals surface area contributed by atoms with E-state index in [-0.39, 0.29) is 0 Å². The second-order valence-electron chi connectivity index (χ2n) is 11.9. The molecule has 2 heterocycles. The Balaban J connectivity index is 1.64. The number of pyridine rings is 1. The summed E-state index contributed by atoms with van der Waals surface area (Å²) in [6.45, 7) is 14.2. The van der Waals surface area contributed by atoms with Crippen LogP contribution in [-0.2, 0) is 12.3 Å². The highest BCUT2D eigenvalue weighted by atomic mass is 31.1. The summed E-state index contributed by atoms with van der Waals surface area (Å²) in [5, 5.41) is 9.77. The second-order valence-corrected chi connectivity index (χ2v) is 17.5. The minimum absolute atomic E-state index is 0.331. The van der Waals surface area contributed by atoms with Crippen LogP contribution in [0.4, 0.5) is 5.69 Å². The number of allylic oxidation sites excluding steroid dienone is 2. The molecule has 0 spiro atoms. The van der Waals surface area contributed by atoms with Crippen molar-refractivity contribution in [2.24, 2.45) is 0 Å². The van der Waals surface area contributed by atoms with Crippen molar-refractivity contribution in [1.82, 2.24) is 4.98 Å². The Morgan fingerprint density at radius 1 is 0.795 bits per heavy atom. The molecule has 1 aromatic heterocycles.